The molecule has 0 nitrogen and oxygen atoms in total. The van der Waals surface area contributed by atoms with Crippen LogP contribution in [0.4, 0.5) is 0 Å². The molecular formula is C15H18Si. The molecule has 0 bridgehead atoms. The molecule has 2 aromatic carbocycles. The molecular weight excluding hydrogens is 208 g/mol. The average Bonchev–Trinajstić information content (AvgIpc) is 2.31. The smallest absolute Gasteiger partial charge is 0.0648 e. The number of hydrogen-bond donors (Lipinski definition) is 0. The Bertz CT molecular complexity index is 380. The highest BCUT2D eigenvalue weighted by molar-refractivity contribution is 6.86. The largest absolute Gasteiger partial charge is 0.105 e. The predicted octanol–water partition coefficient (Wildman–Crippen LogP) is 2.44. The zero-order chi connectivity index (χ0) is 11.4. The molecule has 0 radical (unpaired) electrons. The van der Waals surface area contributed by atoms with E-state index in [1.165, 1.54) is 0 Å². The van der Waals surface area contributed by atoms with E-state index in [0.29, 0.717) is 0 Å². The van der Waals surface area contributed by atoms with Crippen LogP contribution in [0.15, 0.2) is 60.7 Å². The van der Waals surface area contributed by atoms with Gasteiger partial charge in [-0.3, -0.25) is 0 Å². The molecule has 0 fully saturated rings. The highest BCUT2D eigenvalue weighted by Crippen LogP contribution is 2.08. The third-order valence-corrected chi connectivity index (χ3v) is 6.52. The first kappa shape index (κ1) is 11.2. The van der Waals surface area contributed by atoms with E-state index < -0.39 is 8.80 Å². The van der Waals surface area contributed by atoms with Crippen LogP contribution in [0.5, 0.6) is 0 Å². The third-order valence-electron chi connectivity index (χ3n) is 2.98. The molecule has 0 heterocycles. The van der Waals surface area contributed by atoms with Gasteiger partial charge in [0.15, 0.2) is 0 Å². The summed E-state index contributed by atoms with van der Waals surface area (Å²) in [7, 11) is -1.02. The van der Waals surface area contributed by atoms with Gasteiger partial charge >= 0.3 is 0 Å². The summed E-state index contributed by atoms with van der Waals surface area (Å²) in [5.74, 6) is 0. The fourth-order valence-corrected chi connectivity index (χ4v) is 5.48. The molecule has 16 heavy (non-hydrogen) atoms. The maximum Gasteiger partial charge on any atom is 0.105 e. The van der Waals surface area contributed by atoms with Crippen LogP contribution in [0.2, 0.25) is 5.54 Å². The van der Waals surface area contributed by atoms with Crippen molar-refractivity contribution in [1.29, 1.82) is 0 Å². The van der Waals surface area contributed by atoms with Crippen LogP contribution in [-0.2, 0) is 0 Å². The van der Waals surface area contributed by atoms with Gasteiger partial charge in [0.25, 0.3) is 0 Å². The Balaban J connectivity index is 2.40. The molecule has 1 heteroatoms. The molecule has 0 atom stereocenters. The molecule has 0 aliphatic rings. The lowest BCUT2D eigenvalue weighted by atomic mass is 10.4. The molecule has 0 aromatic heterocycles. The van der Waals surface area contributed by atoms with Crippen LogP contribution in [0.3, 0.4) is 0 Å². The lowest BCUT2D eigenvalue weighted by Gasteiger charge is -2.20. The predicted molar refractivity (Wildman–Crippen MR) is 74.4 cm³/mol. The van der Waals surface area contributed by atoms with Crippen molar-refractivity contribution in [3.8, 4) is 0 Å². The second-order valence-corrected chi connectivity index (χ2v) is 8.17. The number of benzene rings is 2. The van der Waals surface area contributed by atoms with Crippen LogP contribution in [0.25, 0.3) is 0 Å². The van der Waals surface area contributed by atoms with Crippen molar-refractivity contribution in [2.45, 2.75) is 19.4 Å². The Hall–Kier alpha value is -1.34. The minimum Gasteiger partial charge on any atom is -0.0648 e. The van der Waals surface area contributed by atoms with Gasteiger partial charge in [-0.05, 0) is 5.54 Å². The zero-order valence-electron chi connectivity index (χ0n) is 9.93. The minimum absolute atomic E-state index is 0.754. The van der Waals surface area contributed by atoms with Crippen LogP contribution in [-0.4, -0.2) is 8.80 Å². The van der Waals surface area contributed by atoms with Gasteiger partial charge < -0.3 is 0 Å². The Kier molecular flexibility index (Phi) is 3.57. The normalized spacial score (nSPS) is 11.0. The van der Waals surface area contributed by atoms with Crippen LogP contribution >= 0.6 is 0 Å². The fourth-order valence-electron chi connectivity index (χ4n) is 2.28. The summed E-state index contributed by atoms with van der Waals surface area (Å²) in [4.78, 5) is 0. The number of rotatable bonds is 3. The first-order chi connectivity index (χ1) is 7.79. The Morgan fingerprint density at radius 2 is 1.06 bits per heavy atom. The van der Waals surface area contributed by atoms with Gasteiger partial charge in [-0.1, -0.05) is 84.9 Å². The summed E-state index contributed by atoms with van der Waals surface area (Å²) in [6, 6.07) is 21.9. The van der Waals surface area contributed by atoms with Crippen molar-refractivity contribution in [3.63, 3.8) is 0 Å². The SMILES string of the molecule is CC(C)[SiH](c1ccccc1)c1ccccc1. The molecule has 0 saturated carbocycles. The van der Waals surface area contributed by atoms with Gasteiger partial charge in [0, 0.05) is 0 Å². The van der Waals surface area contributed by atoms with Crippen LogP contribution < -0.4 is 10.4 Å². The van der Waals surface area contributed by atoms with E-state index in [-0.39, 0.29) is 0 Å². The Labute approximate surface area is 99.6 Å². The van der Waals surface area contributed by atoms with Crippen molar-refractivity contribution in [2.24, 2.45) is 0 Å². The first-order valence-electron chi connectivity index (χ1n) is 5.89. The molecule has 0 aliphatic heterocycles. The Morgan fingerprint density at radius 1 is 0.688 bits per heavy atom. The van der Waals surface area contributed by atoms with Gasteiger partial charge in [-0.15, -0.1) is 0 Å². The van der Waals surface area contributed by atoms with Crippen molar-refractivity contribution >= 4 is 19.2 Å². The van der Waals surface area contributed by atoms with E-state index >= 15 is 0 Å². The van der Waals surface area contributed by atoms with Gasteiger partial charge in [0.1, 0.15) is 8.80 Å². The van der Waals surface area contributed by atoms with E-state index in [9.17, 15) is 0 Å². The van der Waals surface area contributed by atoms with Gasteiger partial charge in [0.2, 0.25) is 0 Å². The fraction of sp³-hybridized carbons (Fsp3) is 0.200. The van der Waals surface area contributed by atoms with Crippen molar-refractivity contribution in [1.82, 2.24) is 0 Å². The summed E-state index contributed by atoms with van der Waals surface area (Å²) >= 11 is 0. The molecule has 0 amide bonds. The van der Waals surface area contributed by atoms with Gasteiger partial charge in [-0.2, -0.15) is 0 Å². The highest BCUT2D eigenvalue weighted by Gasteiger charge is 2.19. The molecule has 2 aromatic rings. The minimum atomic E-state index is -1.02. The van der Waals surface area contributed by atoms with Crippen molar-refractivity contribution in [3.05, 3.63) is 60.7 Å². The lowest BCUT2D eigenvalue weighted by molar-refractivity contribution is 1.05. The number of hydrogen-bond acceptors (Lipinski definition) is 0. The molecule has 0 spiro atoms. The summed E-state index contributed by atoms with van der Waals surface area (Å²) in [5.41, 5.74) is 0.754. The van der Waals surface area contributed by atoms with E-state index in [1.54, 1.807) is 10.4 Å². The zero-order valence-corrected chi connectivity index (χ0v) is 11.1. The third kappa shape index (κ3) is 2.42. The summed E-state index contributed by atoms with van der Waals surface area (Å²) in [6.45, 7) is 4.69. The lowest BCUT2D eigenvalue weighted by Crippen LogP contribution is -2.44. The van der Waals surface area contributed by atoms with Gasteiger partial charge in [-0.25, -0.2) is 0 Å². The van der Waals surface area contributed by atoms with Crippen LogP contribution in [0, 0.1) is 0 Å². The van der Waals surface area contributed by atoms with E-state index in [2.05, 4.69) is 74.5 Å². The second kappa shape index (κ2) is 5.13. The van der Waals surface area contributed by atoms with E-state index in [4.69, 9.17) is 0 Å². The van der Waals surface area contributed by atoms with Crippen molar-refractivity contribution < 1.29 is 0 Å². The first-order valence-corrected chi connectivity index (χ1v) is 7.71. The maximum atomic E-state index is 2.34. The van der Waals surface area contributed by atoms with Crippen molar-refractivity contribution in [2.75, 3.05) is 0 Å². The molecule has 0 N–H and O–H groups in total. The second-order valence-electron chi connectivity index (χ2n) is 4.54. The maximum absolute atomic E-state index is 2.34. The summed E-state index contributed by atoms with van der Waals surface area (Å²) in [5, 5.41) is 3.09. The average molecular weight is 226 g/mol. The van der Waals surface area contributed by atoms with Gasteiger partial charge in [0.05, 0.1) is 0 Å². The van der Waals surface area contributed by atoms with E-state index in [1.807, 2.05) is 0 Å². The molecule has 0 unspecified atom stereocenters. The molecule has 82 valence electrons. The van der Waals surface area contributed by atoms with Crippen LogP contribution in [0.1, 0.15) is 13.8 Å². The monoisotopic (exact) mass is 226 g/mol. The summed E-state index contributed by atoms with van der Waals surface area (Å²) < 4.78 is 0. The topological polar surface area (TPSA) is 0 Å². The Morgan fingerprint density at radius 3 is 1.38 bits per heavy atom. The van der Waals surface area contributed by atoms with E-state index in [0.717, 1.165) is 5.54 Å². The molecule has 0 aliphatic carbocycles. The summed E-state index contributed by atoms with van der Waals surface area (Å²) in [6.07, 6.45) is 0. The molecule has 2 rings (SSSR count). The quantitative estimate of drug-likeness (QED) is 0.705. The molecule has 0 saturated heterocycles. The highest BCUT2D eigenvalue weighted by atomic mass is 28.3. The standard InChI is InChI=1S/C15H18Si/c1-13(2)16(14-9-5-3-6-10-14)15-11-7-4-8-12-15/h3-13,16H,1-2H3.